The number of nitrogens with zero attached hydrogens (tertiary/aromatic N) is 2. The molecule has 0 aliphatic heterocycles. The average Bonchev–Trinajstić information content (AvgIpc) is 2.68. The highest BCUT2D eigenvalue weighted by Crippen LogP contribution is 2.33. The molecule has 94 valence electrons. The van der Waals surface area contributed by atoms with Crippen LogP contribution in [0, 0.1) is 6.92 Å². The lowest BCUT2D eigenvalue weighted by molar-refractivity contribution is 0.0689. The van der Waals surface area contributed by atoms with Crippen LogP contribution in [0.1, 0.15) is 16.1 Å². The van der Waals surface area contributed by atoms with E-state index < -0.39 is 5.97 Å². The predicted octanol–water partition coefficient (Wildman–Crippen LogP) is 2.56. The Morgan fingerprint density at radius 3 is 2.56 bits per heavy atom. The first kappa shape index (κ1) is 12.6. The molecule has 0 unspecified atom stereocenters. The zero-order valence-electron chi connectivity index (χ0n) is 9.81. The molecule has 0 aliphatic carbocycles. The Labute approximate surface area is 112 Å². The third kappa shape index (κ3) is 2.11. The molecule has 0 spiro atoms. The first-order valence-corrected chi connectivity index (χ1v) is 5.96. The van der Waals surface area contributed by atoms with Gasteiger partial charge in [-0.05, 0) is 46.6 Å². The Morgan fingerprint density at radius 1 is 1.39 bits per heavy atom. The van der Waals surface area contributed by atoms with Crippen molar-refractivity contribution >= 4 is 21.9 Å². The highest BCUT2D eigenvalue weighted by molar-refractivity contribution is 9.10. The van der Waals surface area contributed by atoms with Crippen LogP contribution in [0.25, 0.3) is 11.3 Å². The number of aromatic hydroxyl groups is 1. The van der Waals surface area contributed by atoms with Gasteiger partial charge in [0.05, 0.1) is 10.2 Å². The molecule has 1 aromatic heterocycles. The van der Waals surface area contributed by atoms with Crippen molar-refractivity contribution in [2.75, 3.05) is 0 Å². The summed E-state index contributed by atoms with van der Waals surface area (Å²) in [5, 5.41) is 22.5. The largest absolute Gasteiger partial charge is 0.506 e. The van der Waals surface area contributed by atoms with E-state index >= 15 is 0 Å². The Hall–Kier alpha value is -1.82. The van der Waals surface area contributed by atoms with Gasteiger partial charge in [-0.15, -0.1) is 0 Å². The molecule has 0 fully saturated rings. The maximum absolute atomic E-state index is 10.9. The molecule has 6 heteroatoms. The fourth-order valence-corrected chi connectivity index (χ4v) is 2.29. The van der Waals surface area contributed by atoms with Gasteiger partial charge in [-0.2, -0.15) is 5.10 Å². The number of hydrogen-bond acceptors (Lipinski definition) is 3. The number of phenols is 1. The standard InChI is InChI=1S/C12H11BrN2O3/c1-6-3-7(4-8(13)11(6)16)10-5-9(12(17)18)14-15(10)2/h3-5,16H,1-2H3,(H,17,18). The second-order valence-corrected chi connectivity index (χ2v) is 4.82. The van der Waals surface area contributed by atoms with Crippen molar-refractivity contribution in [3.05, 3.63) is 33.9 Å². The van der Waals surface area contributed by atoms with Gasteiger partial charge in [0.25, 0.3) is 0 Å². The highest BCUT2D eigenvalue weighted by atomic mass is 79.9. The topological polar surface area (TPSA) is 75.3 Å². The van der Waals surface area contributed by atoms with Gasteiger partial charge in [0, 0.05) is 12.6 Å². The molecule has 0 saturated heterocycles. The molecule has 0 saturated carbocycles. The number of carboxylic acid groups (broad SMARTS) is 1. The van der Waals surface area contributed by atoms with Crippen LogP contribution >= 0.6 is 15.9 Å². The van der Waals surface area contributed by atoms with Gasteiger partial charge in [-0.3, -0.25) is 4.68 Å². The number of halogens is 1. The van der Waals surface area contributed by atoms with Crippen molar-refractivity contribution < 1.29 is 15.0 Å². The summed E-state index contributed by atoms with van der Waals surface area (Å²) >= 11 is 3.26. The lowest BCUT2D eigenvalue weighted by Crippen LogP contribution is -1.99. The number of rotatable bonds is 2. The van der Waals surface area contributed by atoms with E-state index in [0.29, 0.717) is 15.7 Å². The van der Waals surface area contributed by atoms with Crippen molar-refractivity contribution in [1.29, 1.82) is 0 Å². The SMILES string of the molecule is Cc1cc(-c2cc(C(=O)O)nn2C)cc(Br)c1O. The molecule has 18 heavy (non-hydrogen) atoms. The Kier molecular flexibility index (Phi) is 3.13. The number of aromatic nitrogens is 2. The number of aromatic carboxylic acids is 1. The second-order valence-electron chi connectivity index (χ2n) is 3.97. The molecule has 0 atom stereocenters. The Morgan fingerprint density at radius 2 is 2.06 bits per heavy atom. The fourth-order valence-electron chi connectivity index (χ4n) is 1.73. The molecule has 2 aromatic rings. The summed E-state index contributed by atoms with van der Waals surface area (Å²) in [6.45, 7) is 1.78. The van der Waals surface area contributed by atoms with Crippen molar-refractivity contribution in [1.82, 2.24) is 9.78 Å². The summed E-state index contributed by atoms with van der Waals surface area (Å²) in [4.78, 5) is 10.9. The summed E-state index contributed by atoms with van der Waals surface area (Å²) in [6, 6.07) is 5.01. The maximum atomic E-state index is 10.9. The zero-order valence-corrected chi connectivity index (χ0v) is 11.4. The predicted molar refractivity (Wildman–Crippen MR) is 69.7 cm³/mol. The smallest absolute Gasteiger partial charge is 0.356 e. The highest BCUT2D eigenvalue weighted by Gasteiger charge is 2.14. The van der Waals surface area contributed by atoms with E-state index in [1.807, 2.05) is 0 Å². The molecule has 1 heterocycles. The zero-order chi connectivity index (χ0) is 13.4. The van der Waals surface area contributed by atoms with E-state index in [1.54, 1.807) is 26.1 Å². The minimum absolute atomic E-state index is 0.00523. The number of carbonyl (C=O) groups is 1. The van der Waals surface area contributed by atoms with Gasteiger partial charge in [0.15, 0.2) is 5.69 Å². The third-order valence-electron chi connectivity index (χ3n) is 2.65. The number of benzene rings is 1. The van der Waals surface area contributed by atoms with Crippen molar-refractivity contribution in [2.45, 2.75) is 6.92 Å². The molecule has 5 nitrogen and oxygen atoms in total. The van der Waals surface area contributed by atoms with E-state index in [4.69, 9.17) is 5.11 Å². The number of hydrogen-bond donors (Lipinski definition) is 2. The molecular weight excluding hydrogens is 300 g/mol. The normalized spacial score (nSPS) is 10.6. The van der Waals surface area contributed by atoms with Crippen LogP contribution in [-0.4, -0.2) is 26.0 Å². The Balaban J connectivity index is 2.58. The van der Waals surface area contributed by atoms with Gasteiger partial charge < -0.3 is 10.2 Å². The van der Waals surface area contributed by atoms with Crippen molar-refractivity contribution in [2.24, 2.45) is 7.05 Å². The average molecular weight is 311 g/mol. The first-order chi connectivity index (χ1) is 8.40. The van der Waals surface area contributed by atoms with Crippen LogP contribution in [0.2, 0.25) is 0 Å². The lowest BCUT2D eigenvalue weighted by Gasteiger charge is -2.07. The molecule has 0 radical (unpaired) electrons. The third-order valence-corrected chi connectivity index (χ3v) is 3.25. The van der Waals surface area contributed by atoms with E-state index in [2.05, 4.69) is 21.0 Å². The van der Waals surface area contributed by atoms with Crippen LogP contribution in [0.4, 0.5) is 0 Å². The summed E-state index contributed by atoms with van der Waals surface area (Å²) in [5.41, 5.74) is 2.17. The van der Waals surface area contributed by atoms with Crippen LogP contribution in [0.15, 0.2) is 22.7 Å². The van der Waals surface area contributed by atoms with Gasteiger partial charge in [-0.1, -0.05) is 0 Å². The quantitative estimate of drug-likeness (QED) is 0.894. The molecule has 0 aliphatic rings. The fraction of sp³-hybridized carbons (Fsp3) is 0.167. The van der Waals surface area contributed by atoms with E-state index in [0.717, 1.165) is 5.56 Å². The van der Waals surface area contributed by atoms with Crippen LogP contribution in [0.3, 0.4) is 0 Å². The lowest BCUT2D eigenvalue weighted by atomic mass is 10.1. The molecule has 2 rings (SSSR count). The monoisotopic (exact) mass is 310 g/mol. The van der Waals surface area contributed by atoms with Crippen LogP contribution < -0.4 is 0 Å². The van der Waals surface area contributed by atoms with Gasteiger partial charge in [0.2, 0.25) is 0 Å². The van der Waals surface area contributed by atoms with E-state index in [9.17, 15) is 9.90 Å². The van der Waals surface area contributed by atoms with Gasteiger partial charge in [0.1, 0.15) is 5.75 Å². The first-order valence-electron chi connectivity index (χ1n) is 5.17. The van der Waals surface area contributed by atoms with E-state index in [1.165, 1.54) is 10.7 Å². The molecule has 0 amide bonds. The van der Waals surface area contributed by atoms with Crippen molar-refractivity contribution in [3.8, 4) is 17.0 Å². The van der Waals surface area contributed by atoms with Crippen molar-refractivity contribution in [3.63, 3.8) is 0 Å². The number of aryl methyl sites for hydroxylation is 2. The maximum Gasteiger partial charge on any atom is 0.356 e. The van der Waals surface area contributed by atoms with Gasteiger partial charge >= 0.3 is 5.97 Å². The second kappa shape index (κ2) is 4.45. The van der Waals surface area contributed by atoms with Crippen LogP contribution in [0.5, 0.6) is 5.75 Å². The summed E-state index contributed by atoms with van der Waals surface area (Å²) < 4.78 is 2.07. The molecule has 1 aromatic carbocycles. The molecule has 0 bridgehead atoms. The summed E-state index contributed by atoms with van der Waals surface area (Å²) in [5.74, 6) is -0.884. The minimum Gasteiger partial charge on any atom is -0.506 e. The van der Waals surface area contributed by atoms with Crippen LogP contribution in [-0.2, 0) is 7.05 Å². The molecular formula is C12H11BrN2O3. The number of phenolic OH excluding ortho intramolecular Hbond substituents is 1. The Bertz CT molecular complexity index is 611. The molecule has 2 N–H and O–H groups in total. The minimum atomic E-state index is -1.06. The summed E-state index contributed by atoms with van der Waals surface area (Å²) in [6.07, 6.45) is 0. The summed E-state index contributed by atoms with van der Waals surface area (Å²) in [7, 11) is 1.68. The van der Waals surface area contributed by atoms with Gasteiger partial charge in [-0.25, -0.2) is 4.79 Å². The van der Waals surface area contributed by atoms with E-state index in [-0.39, 0.29) is 11.4 Å². The number of carboxylic acids is 1.